The van der Waals surface area contributed by atoms with Crippen LogP contribution in [-0.2, 0) is 29.0 Å². The van der Waals surface area contributed by atoms with Gasteiger partial charge in [-0.15, -0.1) is 0 Å². The first kappa shape index (κ1) is 19.6. The largest absolute Gasteiger partial charge is 0.378 e. The first-order chi connectivity index (χ1) is 14.1. The van der Waals surface area contributed by atoms with E-state index < -0.39 is 0 Å². The summed E-state index contributed by atoms with van der Waals surface area (Å²) in [6, 6.07) is 0. The van der Waals surface area contributed by atoms with Gasteiger partial charge < -0.3 is 24.2 Å². The zero-order chi connectivity index (χ0) is 20.4. The zero-order valence-electron chi connectivity index (χ0n) is 16.7. The smallest absolute Gasteiger partial charge is 0.274 e. The Balaban J connectivity index is 1.47. The maximum atomic E-state index is 12.9. The lowest BCUT2D eigenvalue weighted by atomic mass is 10.1. The van der Waals surface area contributed by atoms with Crippen molar-refractivity contribution in [2.45, 2.75) is 33.4 Å². The molecule has 1 N–H and O–H groups in total. The second kappa shape index (κ2) is 8.34. The Kier molecular flexibility index (Phi) is 5.63. The minimum absolute atomic E-state index is 0.0893. The van der Waals surface area contributed by atoms with Gasteiger partial charge >= 0.3 is 0 Å². The Morgan fingerprint density at radius 1 is 1.14 bits per heavy atom. The van der Waals surface area contributed by atoms with Crippen LogP contribution in [0.25, 0.3) is 0 Å². The quantitative estimate of drug-likeness (QED) is 0.772. The number of rotatable bonds is 5. The molecule has 10 heteroatoms. The molecule has 0 spiro atoms. The lowest BCUT2D eigenvalue weighted by Gasteiger charge is -2.26. The average Bonchev–Trinajstić information content (AvgIpc) is 3.28. The predicted octanol–water partition coefficient (Wildman–Crippen LogP) is 0.463. The molecule has 2 amide bonds. The van der Waals surface area contributed by atoms with Crippen LogP contribution >= 0.6 is 0 Å². The minimum atomic E-state index is -0.227. The number of ether oxygens (including phenoxy) is 2. The summed E-state index contributed by atoms with van der Waals surface area (Å²) in [5.74, 6) is 0.177. The minimum Gasteiger partial charge on any atom is -0.378 e. The number of carbonyl (C=O) groups is 2. The van der Waals surface area contributed by atoms with Crippen LogP contribution in [0.3, 0.4) is 0 Å². The highest BCUT2D eigenvalue weighted by molar-refractivity contribution is 5.96. The second-order valence-electron chi connectivity index (χ2n) is 7.16. The van der Waals surface area contributed by atoms with Gasteiger partial charge in [0.25, 0.3) is 11.8 Å². The summed E-state index contributed by atoms with van der Waals surface area (Å²) in [6.07, 6.45) is 0.691. The SMILES string of the molecule is Cc1noc(C)c1C(=O)NCCn1nc(C(=O)N2CCOCC2)c2c1CCOC2. The van der Waals surface area contributed by atoms with Crippen LogP contribution < -0.4 is 5.32 Å². The Bertz CT molecular complexity index is 893. The maximum absolute atomic E-state index is 12.9. The normalized spacial score (nSPS) is 16.6. The Hall–Kier alpha value is -2.72. The van der Waals surface area contributed by atoms with Crippen molar-refractivity contribution in [1.29, 1.82) is 0 Å². The van der Waals surface area contributed by atoms with Gasteiger partial charge in [-0.1, -0.05) is 5.16 Å². The van der Waals surface area contributed by atoms with Crippen LogP contribution in [0.4, 0.5) is 0 Å². The lowest BCUT2D eigenvalue weighted by molar-refractivity contribution is 0.0294. The molecule has 2 aliphatic rings. The van der Waals surface area contributed by atoms with E-state index in [0.717, 1.165) is 11.3 Å². The summed E-state index contributed by atoms with van der Waals surface area (Å²) in [5.41, 5.74) is 3.32. The Labute approximate surface area is 168 Å². The molecule has 2 aromatic rings. The zero-order valence-corrected chi connectivity index (χ0v) is 16.7. The van der Waals surface area contributed by atoms with Crippen LogP contribution in [0.5, 0.6) is 0 Å². The summed E-state index contributed by atoms with van der Waals surface area (Å²) in [5, 5.41) is 11.3. The summed E-state index contributed by atoms with van der Waals surface area (Å²) in [4.78, 5) is 27.1. The van der Waals surface area contributed by atoms with Crippen LogP contribution in [0.15, 0.2) is 4.52 Å². The third kappa shape index (κ3) is 3.90. The van der Waals surface area contributed by atoms with Crippen molar-refractivity contribution in [2.24, 2.45) is 0 Å². The third-order valence-electron chi connectivity index (χ3n) is 5.27. The van der Waals surface area contributed by atoms with Gasteiger partial charge in [-0.05, 0) is 13.8 Å². The molecule has 2 aliphatic heterocycles. The molecule has 29 heavy (non-hydrogen) atoms. The van der Waals surface area contributed by atoms with Crippen LogP contribution in [-0.4, -0.2) is 71.1 Å². The van der Waals surface area contributed by atoms with E-state index in [4.69, 9.17) is 14.0 Å². The number of hydrogen-bond donors (Lipinski definition) is 1. The fraction of sp³-hybridized carbons (Fsp3) is 0.579. The Morgan fingerprint density at radius 2 is 1.93 bits per heavy atom. The molecule has 4 heterocycles. The topological polar surface area (TPSA) is 112 Å². The van der Waals surface area contributed by atoms with Gasteiger partial charge in [0.1, 0.15) is 11.3 Å². The number of nitrogens with one attached hydrogen (secondary N) is 1. The molecular weight excluding hydrogens is 378 g/mol. The molecule has 0 radical (unpaired) electrons. The monoisotopic (exact) mass is 403 g/mol. The lowest BCUT2D eigenvalue weighted by Crippen LogP contribution is -2.41. The van der Waals surface area contributed by atoms with Crippen molar-refractivity contribution < 1.29 is 23.6 Å². The van der Waals surface area contributed by atoms with Crippen molar-refractivity contribution >= 4 is 11.8 Å². The Morgan fingerprint density at radius 3 is 2.66 bits per heavy atom. The fourth-order valence-corrected chi connectivity index (χ4v) is 3.75. The summed E-state index contributed by atoms with van der Waals surface area (Å²) >= 11 is 0. The molecule has 0 saturated carbocycles. The molecule has 0 unspecified atom stereocenters. The molecule has 0 aromatic carbocycles. The van der Waals surface area contributed by atoms with Gasteiger partial charge in [0.05, 0.1) is 38.7 Å². The maximum Gasteiger partial charge on any atom is 0.274 e. The van der Waals surface area contributed by atoms with Gasteiger partial charge in [-0.25, -0.2) is 0 Å². The van der Waals surface area contributed by atoms with Crippen molar-refractivity contribution in [3.8, 4) is 0 Å². The molecule has 0 bridgehead atoms. The van der Waals surface area contributed by atoms with E-state index in [1.165, 1.54) is 0 Å². The van der Waals surface area contributed by atoms with E-state index in [2.05, 4.69) is 15.6 Å². The molecule has 2 aromatic heterocycles. The number of aromatic nitrogens is 3. The number of aryl methyl sites for hydroxylation is 2. The molecule has 1 fully saturated rings. The molecule has 4 rings (SSSR count). The highest BCUT2D eigenvalue weighted by Gasteiger charge is 2.29. The first-order valence-corrected chi connectivity index (χ1v) is 9.80. The standard InChI is InChI=1S/C19H25N5O5/c1-12-16(13(2)29-22-12)18(25)20-4-5-24-15-3-8-28-11-14(15)17(21-24)19(26)23-6-9-27-10-7-23/h3-11H2,1-2H3,(H,20,25). The highest BCUT2D eigenvalue weighted by Crippen LogP contribution is 2.22. The third-order valence-corrected chi connectivity index (χ3v) is 5.27. The molecular formula is C19H25N5O5. The van der Waals surface area contributed by atoms with Crippen LogP contribution in [0, 0.1) is 13.8 Å². The molecule has 10 nitrogen and oxygen atoms in total. The van der Waals surface area contributed by atoms with Gasteiger partial charge in [0.2, 0.25) is 0 Å². The number of morpholine rings is 1. The molecule has 156 valence electrons. The second-order valence-corrected chi connectivity index (χ2v) is 7.16. The van der Waals surface area contributed by atoms with E-state index in [-0.39, 0.29) is 11.8 Å². The van der Waals surface area contributed by atoms with Gasteiger partial charge in [-0.3, -0.25) is 14.3 Å². The average molecular weight is 403 g/mol. The first-order valence-electron chi connectivity index (χ1n) is 9.80. The van der Waals surface area contributed by atoms with Gasteiger partial charge in [0, 0.05) is 37.3 Å². The fourth-order valence-electron chi connectivity index (χ4n) is 3.75. The highest BCUT2D eigenvalue weighted by atomic mass is 16.5. The van der Waals surface area contributed by atoms with Crippen molar-refractivity contribution in [1.82, 2.24) is 25.2 Å². The molecule has 0 aliphatic carbocycles. The van der Waals surface area contributed by atoms with Gasteiger partial charge in [0.15, 0.2) is 5.69 Å². The van der Waals surface area contributed by atoms with Crippen molar-refractivity contribution in [3.63, 3.8) is 0 Å². The van der Waals surface area contributed by atoms with Crippen molar-refractivity contribution in [2.75, 3.05) is 39.5 Å². The number of fused-ring (bicyclic) bond motifs is 1. The molecule has 0 atom stereocenters. The van der Waals surface area contributed by atoms with E-state index in [1.54, 1.807) is 18.7 Å². The molecule has 1 saturated heterocycles. The predicted molar refractivity (Wildman–Crippen MR) is 101 cm³/mol. The number of nitrogens with zero attached hydrogens (tertiary/aromatic N) is 4. The van der Waals surface area contributed by atoms with E-state index >= 15 is 0 Å². The van der Waals surface area contributed by atoms with E-state index in [0.29, 0.717) is 81.7 Å². The number of hydrogen-bond acceptors (Lipinski definition) is 7. The van der Waals surface area contributed by atoms with E-state index in [1.807, 2.05) is 4.68 Å². The number of amides is 2. The summed E-state index contributed by atoms with van der Waals surface area (Å²) < 4.78 is 17.8. The summed E-state index contributed by atoms with van der Waals surface area (Å²) in [6.45, 7) is 7.47. The van der Waals surface area contributed by atoms with Crippen LogP contribution in [0.1, 0.15) is 43.6 Å². The summed E-state index contributed by atoms with van der Waals surface area (Å²) in [7, 11) is 0. The van der Waals surface area contributed by atoms with Crippen molar-refractivity contribution in [3.05, 3.63) is 34.0 Å². The van der Waals surface area contributed by atoms with E-state index in [9.17, 15) is 9.59 Å². The number of carbonyl (C=O) groups excluding carboxylic acids is 2. The van der Waals surface area contributed by atoms with Crippen LogP contribution in [0.2, 0.25) is 0 Å². The van der Waals surface area contributed by atoms with Gasteiger partial charge in [-0.2, -0.15) is 5.10 Å².